The van der Waals surface area contributed by atoms with E-state index in [0.29, 0.717) is 13.0 Å². The summed E-state index contributed by atoms with van der Waals surface area (Å²) in [6.45, 7) is 0.557. The molecular formula is C7H11F3N4. The van der Waals surface area contributed by atoms with Crippen LogP contribution in [-0.2, 0) is 19.6 Å². The number of likely N-dealkylation sites (N-methyl/N-ethyl adjacent to an activating group) is 1. The minimum Gasteiger partial charge on any atom is -0.319 e. The third kappa shape index (κ3) is 2.44. The average Bonchev–Trinajstić information content (AvgIpc) is 2.42. The van der Waals surface area contributed by atoms with Crippen LogP contribution < -0.4 is 5.32 Å². The first kappa shape index (κ1) is 11.0. The Morgan fingerprint density at radius 3 is 2.50 bits per heavy atom. The molecule has 0 spiro atoms. The smallest absolute Gasteiger partial charge is 0.319 e. The Kier molecular flexibility index (Phi) is 3.10. The van der Waals surface area contributed by atoms with E-state index >= 15 is 0 Å². The van der Waals surface area contributed by atoms with Gasteiger partial charge in [-0.3, -0.25) is 0 Å². The fraction of sp³-hybridized carbons (Fsp3) is 0.714. The van der Waals surface area contributed by atoms with Crippen molar-refractivity contribution in [1.82, 2.24) is 20.1 Å². The Labute approximate surface area is 79.1 Å². The van der Waals surface area contributed by atoms with Crippen molar-refractivity contribution in [2.24, 2.45) is 7.05 Å². The minimum absolute atomic E-state index is 0.203. The van der Waals surface area contributed by atoms with E-state index in [0.717, 1.165) is 4.68 Å². The van der Waals surface area contributed by atoms with Gasteiger partial charge in [-0.15, -0.1) is 0 Å². The van der Waals surface area contributed by atoms with E-state index < -0.39 is 12.0 Å². The molecule has 0 aromatic carbocycles. The molecule has 7 heteroatoms. The molecule has 0 saturated heterocycles. The van der Waals surface area contributed by atoms with Crippen LogP contribution in [0.5, 0.6) is 0 Å². The van der Waals surface area contributed by atoms with Crippen LogP contribution >= 0.6 is 0 Å². The van der Waals surface area contributed by atoms with Crippen molar-refractivity contribution in [3.8, 4) is 0 Å². The van der Waals surface area contributed by atoms with Crippen molar-refractivity contribution < 1.29 is 13.2 Å². The number of aromatic nitrogens is 3. The molecule has 0 atom stereocenters. The van der Waals surface area contributed by atoms with Crippen LogP contribution in [0.25, 0.3) is 0 Å². The average molecular weight is 208 g/mol. The van der Waals surface area contributed by atoms with Crippen LogP contribution in [-0.4, -0.2) is 28.4 Å². The van der Waals surface area contributed by atoms with Crippen molar-refractivity contribution in [2.75, 3.05) is 13.6 Å². The van der Waals surface area contributed by atoms with Gasteiger partial charge in [0.1, 0.15) is 0 Å². The second-order valence-corrected chi connectivity index (χ2v) is 2.83. The SMILES string of the molecule is CNCCc1nc(C(F)(F)F)n(C)n1. The van der Waals surface area contributed by atoms with Gasteiger partial charge in [0.25, 0.3) is 0 Å². The van der Waals surface area contributed by atoms with Crippen molar-refractivity contribution in [2.45, 2.75) is 12.6 Å². The molecule has 0 aliphatic heterocycles. The quantitative estimate of drug-likeness (QED) is 0.790. The molecule has 0 aliphatic carbocycles. The first-order valence-electron chi connectivity index (χ1n) is 4.07. The molecule has 1 heterocycles. The Balaban J connectivity index is 2.83. The molecule has 14 heavy (non-hydrogen) atoms. The van der Waals surface area contributed by atoms with E-state index in [9.17, 15) is 13.2 Å². The standard InChI is InChI=1S/C7H11F3N4/c1-11-4-3-5-12-6(7(8,9)10)14(2)13-5/h11H,3-4H2,1-2H3. The normalized spacial score (nSPS) is 12.1. The highest BCUT2D eigenvalue weighted by Gasteiger charge is 2.36. The van der Waals surface area contributed by atoms with E-state index in [1.165, 1.54) is 7.05 Å². The second-order valence-electron chi connectivity index (χ2n) is 2.83. The number of hydrogen-bond donors (Lipinski definition) is 1. The van der Waals surface area contributed by atoms with Crippen molar-refractivity contribution in [3.05, 3.63) is 11.6 Å². The minimum atomic E-state index is -4.43. The number of halogens is 3. The van der Waals surface area contributed by atoms with E-state index in [1.807, 2.05) is 0 Å². The molecular weight excluding hydrogens is 197 g/mol. The fourth-order valence-electron chi connectivity index (χ4n) is 1.03. The van der Waals surface area contributed by atoms with E-state index in [-0.39, 0.29) is 5.82 Å². The van der Waals surface area contributed by atoms with Gasteiger partial charge in [-0.05, 0) is 7.05 Å². The first-order chi connectivity index (χ1) is 6.45. The summed E-state index contributed by atoms with van der Waals surface area (Å²) >= 11 is 0. The third-order valence-electron chi connectivity index (χ3n) is 1.66. The maximum atomic E-state index is 12.2. The summed E-state index contributed by atoms with van der Waals surface area (Å²) in [5.74, 6) is -0.752. The largest absolute Gasteiger partial charge is 0.451 e. The lowest BCUT2D eigenvalue weighted by Gasteiger charge is -2.02. The second kappa shape index (κ2) is 3.95. The van der Waals surface area contributed by atoms with Gasteiger partial charge < -0.3 is 5.32 Å². The number of aryl methyl sites for hydroxylation is 1. The molecule has 0 unspecified atom stereocenters. The fourth-order valence-corrected chi connectivity index (χ4v) is 1.03. The number of hydrogen-bond acceptors (Lipinski definition) is 3. The van der Waals surface area contributed by atoms with Gasteiger partial charge >= 0.3 is 6.18 Å². The number of rotatable bonds is 3. The topological polar surface area (TPSA) is 42.7 Å². The van der Waals surface area contributed by atoms with Crippen LogP contribution in [0, 0.1) is 0 Å². The predicted octanol–water partition coefficient (Wildman–Crippen LogP) is 0.596. The molecule has 0 saturated carbocycles. The number of alkyl halides is 3. The van der Waals surface area contributed by atoms with Crippen molar-refractivity contribution in [3.63, 3.8) is 0 Å². The lowest BCUT2D eigenvalue weighted by atomic mass is 10.4. The van der Waals surface area contributed by atoms with Crippen molar-refractivity contribution in [1.29, 1.82) is 0 Å². The van der Waals surface area contributed by atoms with Crippen LogP contribution in [0.4, 0.5) is 13.2 Å². The zero-order valence-corrected chi connectivity index (χ0v) is 7.89. The van der Waals surface area contributed by atoms with Crippen LogP contribution in [0.2, 0.25) is 0 Å². The Morgan fingerprint density at radius 2 is 2.07 bits per heavy atom. The molecule has 1 rings (SSSR count). The maximum Gasteiger partial charge on any atom is 0.451 e. The summed E-state index contributed by atoms with van der Waals surface area (Å²) in [5, 5.41) is 6.47. The monoisotopic (exact) mass is 208 g/mol. The highest BCUT2D eigenvalue weighted by atomic mass is 19.4. The van der Waals surface area contributed by atoms with Gasteiger partial charge in [-0.1, -0.05) is 0 Å². The van der Waals surface area contributed by atoms with Crippen LogP contribution in [0.1, 0.15) is 11.6 Å². The summed E-state index contributed by atoms with van der Waals surface area (Å²) in [4.78, 5) is 3.41. The zero-order valence-electron chi connectivity index (χ0n) is 7.89. The predicted molar refractivity (Wildman–Crippen MR) is 43.6 cm³/mol. The summed E-state index contributed by atoms with van der Waals surface area (Å²) in [7, 11) is 2.95. The molecule has 1 N–H and O–H groups in total. The Morgan fingerprint density at radius 1 is 1.43 bits per heavy atom. The maximum absolute atomic E-state index is 12.2. The summed E-state index contributed by atoms with van der Waals surface area (Å²) in [5.41, 5.74) is 0. The third-order valence-corrected chi connectivity index (χ3v) is 1.66. The van der Waals surface area contributed by atoms with Gasteiger partial charge in [0.15, 0.2) is 5.82 Å². The van der Waals surface area contributed by atoms with E-state index in [1.54, 1.807) is 7.05 Å². The number of nitrogens with zero attached hydrogens (tertiary/aromatic N) is 3. The molecule has 1 aromatic heterocycles. The lowest BCUT2D eigenvalue weighted by molar-refractivity contribution is -0.147. The first-order valence-corrected chi connectivity index (χ1v) is 4.07. The lowest BCUT2D eigenvalue weighted by Crippen LogP contribution is -2.13. The molecule has 0 bridgehead atoms. The molecule has 4 nitrogen and oxygen atoms in total. The van der Waals surface area contributed by atoms with Gasteiger partial charge in [0.05, 0.1) is 0 Å². The van der Waals surface area contributed by atoms with Gasteiger partial charge in [0.2, 0.25) is 5.82 Å². The molecule has 0 radical (unpaired) electrons. The highest BCUT2D eigenvalue weighted by Crippen LogP contribution is 2.26. The van der Waals surface area contributed by atoms with Crippen LogP contribution in [0.15, 0.2) is 0 Å². The number of nitrogens with one attached hydrogen (secondary N) is 1. The molecule has 0 fully saturated rings. The highest BCUT2D eigenvalue weighted by molar-refractivity contribution is 4.96. The molecule has 80 valence electrons. The Hall–Kier alpha value is -1.11. The molecule has 0 aliphatic rings. The zero-order chi connectivity index (χ0) is 10.8. The van der Waals surface area contributed by atoms with E-state index in [4.69, 9.17) is 0 Å². The van der Waals surface area contributed by atoms with Gasteiger partial charge in [-0.2, -0.15) is 18.3 Å². The summed E-state index contributed by atoms with van der Waals surface area (Å²) in [6.07, 6.45) is -4.04. The molecule has 0 amide bonds. The van der Waals surface area contributed by atoms with Crippen LogP contribution in [0.3, 0.4) is 0 Å². The van der Waals surface area contributed by atoms with Gasteiger partial charge in [-0.25, -0.2) is 9.67 Å². The Bertz CT molecular complexity index is 304. The van der Waals surface area contributed by atoms with E-state index in [2.05, 4.69) is 15.4 Å². The van der Waals surface area contributed by atoms with Crippen molar-refractivity contribution >= 4 is 0 Å². The summed E-state index contributed by atoms with van der Waals surface area (Å²) < 4.78 is 37.5. The summed E-state index contributed by atoms with van der Waals surface area (Å²) in [6, 6.07) is 0. The molecule has 1 aromatic rings. The van der Waals surface area contributed by atoms with Gasteiger partial charge in [0, 0.05) is 20.0 Å².